The molecule has 0 N–H and O–H groups in total. The molecule has 0 radical (unpaired) electrons. The van der Waals surface area contributed by atoms with Crippen molar-refractivity contribution in [2.24, 2.45) is 5.92 Å². The van der Waals surface area contributed by atoms with Gasteiger partial charge in [-0.15, -0.1) is 0 Å². The molecule has 0 aromatic heterocycles. The summed E-state index contributed by atoms with van der Waals surface area (Å²) in [6.07, 6.45) is 4.30. The minimum Gasteiger partial charge on any atom is -0.482 e. The first-order chi connectivity index (χ1) is 13.0. The fourth-order valence-electron chi connectivity index (χ4n) is 4.15. The summed E-state index contributed by atoms with van der Waals surface area (Å²) >= 11 is 0. The molecule has 1 saturated heterocycles. The van der Waals surface area contributed by atoms with Gasteiger partial charge in [0.25, 0.3) is 11.8 Å². The molecule has 2 fully saturated rings. The molecular formula is C20H25N3O4. The quantitative estimate of drug-likeness (QED) is 0.790. The van der Waals surface area contributed by atoms with Crippen molar-refractivity contribution in [2.75, 3.05) is 44.7 Å². The SMILES string of the molecule is CN1C(=O)COc2ccc(C(=O)N3CCN(C(=O)C4CCCC4)CC3)cc21. The van der Waals surface area contributed by atoms with Crippen LogP contribution in [0.2, 0.25) is 0 Å². The molecule has 0 unspecified atom stereocenters. The number of hydrogen-bond donors (Lipinski definition) is 0. The van der Waals surface area contributed by atoms with E-state index in [2.05, 4.69) is 0 Å². The summed E-state index contributed by atoms with van der Waals surface area (Å²) in [5.74, 6) is 0.843. The Kier molecular flexibility index (Phi) is 4.76. The second-order valence-corrected chi connectivity index (χ2v) is 7.52. The molecule has 2 aliphatic heterocycles. The average Bonchev–Trinajstić information content (AvgIpc) is 3.24. The Hall–Kier alpha value is -2.57. The van der Waals surface area contributed by atoms with Crippen LogP contribution in [0.5, 0.6) is 5.75 Å². The van der Waals surface area contributed by atoms with Gasteiger partial charge in [-0.3, -0.25) is 14.4 Å². The van der Waals surface area contributed by atoms with Crippen LogP contribution in [0, 0.1) is 5.92 Å². The maximum atomic E-state index is 12.9. The highest BCUT2D eigenvalue weighted by Crippen LogP contribution is 2.32. The van der Waals surface area contributed by atoms with Gasteiger partial charge in [0, 0.05) is 44.7 Å². The van der Waals surface area contributed by atoms with Crippen molar-refractivity contribution in [3.05, 3.63) is 23.8 Å². The molecule has 27 heavy (non-hydrogen) atoms. The Morgan fingerprint density at radius 3 is 2.41 bits per heavy atom. The van der Waals surface area contributed by atoms with E-state index in [9.17, 15) is 14.4 Å². The predicted molar refractivity (Wildman–Crippen MR) is 99.8 cm³/mol. The normalized spacial score (nSPS) is 20.5. The van der Waals surface area contributed by atoms with Gasteiger partial charge < -0.3 is 19.4 Å². The first kappa shape index (κ1) is 17.8. The Balaban J connectivity index is 1.41. The largest absolute Gasteiger partial charge is 0.482 e. The lowest BCUT2D eigenvalue weighted by Crippen LogP contribution is -2.51. The standard InChI is InChI=1S/C20H25N3O4/c1-21-16-12-15(6-7-17(16)27-13-18(21)24)20(26)23-10-8-22(9-11-23)19(25)14-4-2-3-5-14/h6-7,12,14H,2-5,8-11,13H2,1H3. The van der Waals surface area contributed by atoms with E-state index in [1.807, 2.05) is 4.90 Å². The lowest BCUT2D eigenvalue weighted by Gasteiger charge is -2.36. The topological polar surface area (TPSA) is 70.2 Å². The number of likely N-dealkylation sites (N-methyl/N-ethyl adjacent to an activating group) is 1. The lowest BCUT2D eigenvalue weighted by molar-refractivity contribution is -0.136. The number of ether oxygens (including phenoxy) is 1. The summed E-state index contributed by atoms with van der Waals surface area (Å²) in [5.41, 5.74) is 1.15. The van der Waals surface area contributed by atoms with Gasteiger partial charge in [0.15, 0.2) is 6.61 Å². The molecule has 1 aromatic rings. The molecule has 1 saturated carbocycles. The van der Waals surface area contributed by atoms with E-state index in [-0.39, 0.29) is 30.2 Å². The number of hydrogen-bond acceptors (Lipinski definition) is 4. The molecule has 0 bridgehead atoms. The summed E-state index contributed by atoms with van der Waals surface area (Å²) in [6.45, 7) is 2.29. The molecule has 0 spiro atoms. The number of benzene rings is 1. The van der Waals surface area contributed by atoms with E-state index in [1.54, 1.807) is 30.1 Å². The molecule has 2 heterocycles. The predicted octanol–water partition coefficient (Wildman–Crippen LogP) is 1.52. The molecule has 7 nitrogen and oxygen atoms in total. The van der Waals surface area contributed by atoms with Crippen molar-refractivity contribution in [1.29, 1.82) is 0 Å². The third-order valence-corrected chi connectivity index (χ3v) is 5.88. The highest BCUT2D eigenvalue weighted by molar-refractivity contribution is 6.01. The molecule has 7 heteroatoms. The third kappa shape index (κ3) is 3.38. The van der Waals surface area contributed by atoms with Crippen LogP contribution < -0.4 is 9.64 Å². The van der Waals surface area contributed by atoms with E-state index >= 15 is 0 Å². The molecule has 144 valence electrons. The Bertz CT molecular complexity index is 764. The van der Waals surface area contributed by atoms with E-state index in [0.717, 1.165) is 25.7 Å². The van der Waals surface area contributed by atoms with Crippen molar-refractivity contribution in [3.8, 4) is 5.75 Å². The van der Waals surface area contributed by atoms with Gasteiger partial charge in [-0.1, -0.05) is 12.8 Å². The fourth-order valence-corrected chi connectivity index (χ4v) is 4.15. The molecule has 1 aliphatic carbocycles. The van der Waals surface area contributed by atoms with Crippen LogP contribution in [0.25, 0.3) is 0 Å². The third-order valence-electron chi connectivity index (χ3n) is 5.88. The maximum Gasteiger partial charge on any atom is 0.264 e. The number of fused-ring (bicyclic) bond motifs is 1. The van der Waals surface area contributed by atoms with Gasteiger partial charge in [-0.05, 0) is 31.0 Å². The maximum absolute atomic E-state index is 12.9. The minimum absolute atomic E-state index is 0.0216. The Labute approximate surface area is 158 Å². The van der Waals surface area contributed by atoms with Crippen molar-refractivity contribution in [3.63, 3.8) is 0 Å². The zero-order valence-electron chi connectivity index (χ0n) is 15.6. The fraction of sp³-hybridized carbons (Fsp3) is 0.550. The number of nitrogens with zero attached hydrogens (tertiary/aromatic N) is 3. The molecule has 4 rings (SSSR count). The van der Waals surface area contributed by atoms with Crippen LogP contribution in [0.1, 0.15) is 36.0 Å². The van der Waals surface area contributed by atoms with Gasteiger partial charge >= 0.3 is 0 Å². The van der Waals surface area contributed by atoms with Gasteiger partial charge in [-0.25, -0.2) is 0 Å². The van der Waals surface area contributed by atoms with E-state index in [4.69, 9.17) is 4.74 Å². The van der Waals surface area contributed by atoms with Crippen LogP contribution in [-0.2, 0) is 9.59 Å². The summed E-state index contributed by atoms with van der Waals surface area (Å²) < 4.78 is 5.42. The Morgan fingerprint density at radius 2 is 1.70 bits per heavy atom. The summed E-state index contributed by atoms with van der Waals surface area (Å²) in [7, 11) is 1.69. The van der Waals surface area contributed by atoms with E-state index in [1.165, 1.54) is 4.90 Å². The summed E-state index contributed by atoms with van der Waals surface area (Å²) in [4.78, 5) is 42.5. The molecule has 3 aliphatic rings. The average molecular weight is 371 g/mol. The number of amides is 3. The summed E-state index contributed by atoms with van der Waals surface area (Å²) in [5, 5.41) is 0. The number of carbonyl (C=O) groups is 3. The zero-order chi connectivity index (χ0) is 19.0. The number of carbonyl (C=O) groups excluding carboxylic acids is 3. The van der Waals surface area contributed by atoms with Crippen LogP contribution in [-0.4, -0.2) is 67.4 Å². The van der Waals surface area contributed by atoms with E-state index < -0.39 is 0 Å². The van der Waals surface area contributed by atoms with Crippen molar-refractivity contribution in [2.45, 2.75) is 25.7 Å². The number of piperazine rings is 1. The second kappa shape index (κ2) is 7.21. The minimum atomic E-state index is -0.133. The molecular weight excluding hydrogens is 346 g/mol. The van der Waals surface area contributed by atoms with Crippen molar-refractivity contribution < 1.29 is 19.1 Å². The summed E-state index contributed by atoms with van der Waals surface area (Å²) in [6, 6.07) is 5.19. The molecule has 0 atom stereocenters. The van der Waals surface area contributed by atoms with Crippen LogP contribution in [0.3, 0.4) is 0 Å². The van der Waals surface area contributed by atoms with Gasteiger partial charge in [-0.2, -0.15) is 0 Å². The first-order valence-corrected chi connectivity index (χ1v) is 9.66. The highest BCUT2D eigenvalue weighted by atomic mass is 16.5. The number of rotatable bonds is 2. The van der Waals surface area contributed by atoms with Gasteiger partial charge in [0.2, 0.25) is 5.91 Å². The van der Waals surface area contributed by atoms with E-state index in [0.29, 0.717) is 43.2 Å². The molecule has 3 amide bonds. The number of anilines is 1. The lowest BCUT2D eigenvalue weighted by atomic mass is 10.1. The highest BCUT2D eigenvalue weighted by Gasteiger charge is 2.31. The monoisotopic (exact) mass is 371 g/mol. The Morgan fingerprint density at radius 1 is 1.04 bits per heavy atom. The van der Waals surface area contributed by atoms with Crippen molar-refractivity contribution in [1.82, 2.24) is 9.80 Å². The first-order valence-electron chi connectivity index (χ1n) is 9.66. The van der Waals surface area contributed by atoms with Crippen molar-refractivity contribution >= 4 is 23.4 Å². The second-order valence-electron chi connectivity index (χ2n) is 7.52. The van der Waals surface area contributed by atoms with Crippen LogP contribution in [0.15, 0.2) is 18.2 Å². The van der Waals surface area contributed by atoms with Gasteiger partial charge in [0.05, 0.1) is 5.69 Å². The zero-order valence-corrected chi connectivity index (χ0v) is 15.6. The smallest absolute Gasteiger partial charge is 0.264 e. The van der Waals surface area contributed by atoms with Crippen LogP contribution in [0.4, 0.5) is 5.69 Å². The molecule has 1 aromatic carbocycles. The van der Waals surface area contributed by atoms with Crippen LogP contribution >= 0.6 is 0 Å². The van der Waals surface area contributed by atoms with Gasteiger partial charge in [0.1, 0.15) is 5.75 Å².